The van der Waals surface area contributed by atoms with Crippen LogP contribution in [0.15, 0.2) is 29.5 Å². The van der Waals surface area contributed by atoms with Gasteiger partial charge < -0.3 is 10.5 Å². The van der Waals surface area contributed by atoms with Crippen LogP contribution in [0.25, 0.3) is 0 Å². The minimum Gasteiger partial charge on any atom is -0.394 e. The molecule has 1 heterocycles. The van der Waals surface area contributed by atoms with Crippen LogP contribution >= 0.6 is 0 Å². The molecule has 4 nitrogen and oxygen atoms in total. The number of aliphatic hydroxyl groups excluding tert-OH is 1. The zero-order valence-corrected chi connectivity index (χ0v) is 6.64. The Labute approximate surface area is 71.0 Å². The average molecular weight is 165 g/mol. The topological polar surface area (TPSA) is 57.5 Å². The van der Waals surface area contributed by atoms with E-state index in [0.717, 1.165) is 5.69 Å². The zero-order chi connectivity index (χ0) is 8.65. The zero-order valence-electron chi connectivity index (χ0n) is 6.64. The number of nitrogens with one attached hydrogen (secondary N) is 1. The van der Waals surface area contributed by atoms with Gasteiger partial charge in [0.05, 0.1) is 25.1 Å². The van der Waals surface area contributed by atoms with Crippen LogP contribution in [0.3, 0.4) is 0 Å². The smallest absolute Gasteiger partial charge is 0.0830 e. The van der Waals surface area contributed by atoms with Gasteiger partial charge in [-0.2, -0.15) is 5.10 Å². The Morgan fingerprint density at radius 1 is 1.58 bits per heavy atom. The lowest BCUT2D eigenvalue weighted by molar-refractivity contribution is 0.294. The highest BCUT2D eigenvalue weighted by Crippen LogP contribution is 1.86. The SMILES string of the molecule is OCCN/N=C/c1ccccn1. The first kappa shape index (κ1) is 8.67. The van der Waals surface area contributed by atoms with Crippen LogP contribution < -0.4 is 5.43 Å². The van der Waals surface area contributed by atoms with Crippen molar-refractivity contribution in [2.24, 2.45) is 5.10 Å². The van der Waals surface area contributed by atoms with Crippen LogP contribution in [0.1, 0.15) is 5.69 Å². The molecular weight excluding hydrogens is 154 g/mol. The molecule has 2 N–H and O–H groups in total. The first-order valence-electron chi connectivity index (χ1n) is 3.71. The van der Waals surface area contributed by atoms with Gasteiger partial charge in [0.1, 0.15) is 0 Å². The summed E-state index contributed by atoms with van der Waals surface area (Å²) in [5.41, 5.74) is 3.46. The molecule has 0 atom stereocenters. The van der Waals surface area contributed by atoms with Crippen molar-refractivity contribution >= 4 is 6.21 Å². The largest absolute Gasteiger partial charge is 0.394 e. The summed E-state index contributed by atoms with van der Waals surface area (Å²) in [6.07, 6.45) is 3.31. The van der Waals surface area contributed by atoms with Crippen molar-refractivity contribution in [1.82, 2.24) is 10.4 Å². The van der Waals surface area contributed by atoms with E-state index in [0.29, 0.717) is 6.54 Å². The average Bonchev–Trinajstić information content (AvgIpc) is 2.14. The van der Waals surface area contributed by atoms with E-state index in [1.807, 2.05) is 18.2 Å². The number of nitrogens with zero attached hydrogens (tertiary/aromatic N) is 2. The number of rotatable bonds is 4. The normalized spacial score (nSPS) is 10.4. The monoisotopic (exact) mass is 165 g/mol. The first-order chi connectivity index (χ1) is 5.93. The van der Waals surface area contributed by atoms with Crippen molar-refractivity contribution < 1.29 is 5.11 Å². The molecule has 1 rings (SSSR count). The minimum atomic E-state index is 0.0829. The molecule has 0 saturated carbocycles. The van der Waals surface area contributed by atoms with Crippen LogP contribution in [0, 0.1) is 0 Å². The van der Waals surface area contributed by atoms with Gasteiger partial charge in [0.15, 0.2) is 0 Å². The number of hydrazone groups is 1. The lowest BCUT2D eigenvalue weighted by Gasteiger charge is -1.93. The van der Waals surface area contributed by atoms with E-state index in [2.05, 4.69) is 15.5 Å². The molecular formula is C8H11N3O. The summed E-state index contributed by atoms with van der Waals surface area (Å²) >= 11 is 0. The third-order valence-corrected chi connectivity index (χ3v) is 1.20. The van der Waals surface area contributed by atoms with Gasteiger partial charge in [-0.25, -0.2) is 0 Å². The van der Waals surface area contributed by atoms with Gasteiger partial charge in [-0.05, 0) is 12.1 Å². The number of hydrogen-bond acceptors (Lipinski definition) is 4. The number of hydrogen-bond donors (Lipinski definition) is 2. The van der Waals surface area contributed by atoms with Crippen molar-refractivity contribution in [3.63, 3.8) is 0 Å². The highest BCUT2D eigenvalue weighted by molar-refractivity contribution is 5.76. The highest BCUT2D eigenvalue weighted by Gasteiger charge is 1.83. The number of pyridine rings is 1. The Kier molecular flexibility index (Phi) is 3.80. The van der Waals surface area contributed by atoms with E-state index in [1.54, 1.807) is 12.4 Å². The summed E-state index contributed by atoms with van der Waals surface area (Å²) in [6, 6.07) is 5.59. The summed E-state index contributed by atoms with van der Waals surface area (Å²) in [5, 5.41) is 12.2. The molecule has 64 valence electrons. The summed E-state index contributed by atoms with van der Waals surface area (Å²) in [6.45, 7) is 0.545. The number of aliphatic hydroxyl groups is 1. The fourth-order valence-corrected chi connectivity index (χ4v) is 0.679. The summed E-state index contributed by atoms with van der Waals surface area (Å²) < 4.78 is 0. The van der Waals surface area contributed by atoms with Crippen molar-refractivity contribution in [3.05, 3.63) is 30.1 Å². The molecule has 4 heteroatoms. The van der Waals surface area contributed by atoms with Gasteiger partial charge >= 0.3 is 0 Å². The van der Waals surface area contributed by atoms with Crippen LogP contribution in [-0.4, -0.2) is 29.5 Å². The minimum absolute atomic E-state index is 0.0829. The second kappa shape index (κ2) is 5.26. The molecule has 1 aromatic heterocycles. The Hall–Kier alpha value is -1.42. The van der Waals surface area contributed by atoms with Gasteiger partial charge in [-0.15, -0.1) is 0 Å². The van der Waals surface area contributed by atoms with Crippen LogP contribution in [-0.2, 0) is 0 Å². The van der Waals surface area contributed by atoms with Gasteiger partial charge in [0.25, 0.3) is 0 Å². The van der Waals surface area contributed by atoms with E-state index in [-0.39, 0.29) is 6.61 Å². The Morgan fingerprint density at radius 2 is 2.50 bits per heavy atom. The molecule has 0 aliphatic carbocycles. The van der Waals surface area contributed by atoms with Crippen LogP contribution in [0.2, 0.25) is 0 Å². The highest BCUT2D eigenvalue weighted by atomic mass is 16.3. The van der Waals surface area contributed by atoms with Crippen LogP contribution in [0.4, 0.5) is 0 Å². The molecule has 0 bridgehead atoms. The third kappa shape index (κ3) is 3.12. The van der Waals surface area contributed by atoms with Gasteiger partial charge in [-0.1, -0.05) is 6.07 Å². The van der Waals surface area contributed by atoms with Gasteiger partial charge in [-0.3, -0.25) is 4.98 Å². The van der Waals surface area contributed by atoms with E-state index in [9.17, 15) is 0 Å². The molecule has 0 fully saturated rings. The van der Waals surface area contributed by atoms with Crippen molar-refractivity contribution in [2.45, 2.75) is 0 Å². The Bertz CT molecular complexity index is 235. The predicted molar refractivity (Wildman–Crippen MR) is 46.9 cm³/mol. The van der Waals surface area contributed by atoms with Crippen molar-refractivity contribution in [1.29, 1.82) is 0 Å². The van der Waals surface area contributed by atoms with E-state index < -0.39 is 0 Å². The van der Waals surface area contributed by atoms with Crippen molar-refractivity contribution in [2.75, 3.05) is 13.2 Å². The lowest BCUT2D eigenvalue weighted by atomic mass is 10.4. The van der Waals surface area contributed by atoms with E-state index >= 15 is 0 Å². The van der Waals surface area contributed by atoms with Gasteiger partial charge in [0.2, 0.25) is 0 Å². The predicted octanol–water partition coefficient (Wildman–Crippen LogP) is -0.00260. The summed E-state index contributed by atoms with van der Waals surface area (Å²) in [7, 11) is 0. The quantitative estimate of drug-likeness (QED) is 0.375. The summed E-state index contributed by atoms with van der Waals surface area (Å²) in [4.78, 5) is 4.02. The van der Waals surface area contributed by atoms with E-state index in [4.69, 9.17) is 5.11 Å². The Balaban J connectivity index is 2.36. The molecule has 1 aromatic rings. The molecule has 0 saturated heterocycles. The standard InChI is InChI=1S/C8H11N3O/c12-6-5-10-11-7-8-3-1-2-4-9-8/h1-4,7,10,12H,5-6H2/b11-7+. The molecule has 0 aromatic carbocycles. The molecule has 12 heavy (non-hydrogen) atoms. The van der Waals surface area contributed by atoms with Gasteiger partial charge in [0, 0.05) is 6.20 Å². The molecule has 0 amide bonds. The maximum absolute atomic E-state index is 8.41. The number of aromatic nitrogens is 1. The van der Waals surface area contributed by atoms with Crippen molar-refractivity contribution in [3.8, 4) is 0 Å². The third-order valence-electron chi connectivity index (χ3n) is 1.20. The molecule has 0 aliphatic heterocycles. The molecule has 0 spiro atoms. The molecule has 0 unspecified atom stereocenters. The first-order valence-corrected chi connectivity index (χ1v) is 3.71. The molecule has 0 aliphatic rings. The second-order valence-electron chi connectivity index (χ2n) is 2.14. The Morgan fingerprint density at radius 3 is 3.17 bits per heavy atom. The molecule has 0 radical (unpaired) electrons. The fourth-order valence-electron chi connectivity index (χ4n) is 0.679. The summed E-state index contributed by atoms with van der Waals surface area (Å²) in [5.74, 6) is 0. The maximum atomic E-state index is 8.41. The maximum Gasteiger partial charge on any atom is 0.0830 e. The fraction of sp³-hybridized carbons (Fsp3) is 0.250. The lowest BCUT2D eigenvalue weighted by Crippen LogP contribution is -2.11. The second-order valence-corrected chi connectivity index (χ2v) is 2.14. The van der Waals surface area contributed by atoms with E-state index in [1.165, 1.54) is 0 Å². The van der Waals surface area contributed by atoms with Crippen LogP contribution in [0.5, 0.6) is 0 Å².